The minimum absolute atomic E-state index is 0.0844. The van der Waals surface area contributed by atoms with Crippen LogP contribution in [-0.2, 0) is 0 Å². The van der Waals surface area contributed by atoms with Gasteiger partial charge in [0.1, 0.15) is 11.8 Å². The first-order valence-corrected chi connectivity index (χ1v) is 7.05. The van der Waals surface area contributed by atoms with Crippen LogP contribution in [0.4, 0.5) is 0 Å². The van der Waals surface area contributed by atoms with Crippen molar-refractivity contribution in [3.63, 3.8) is 0 Å². The third-order valence-electron chi connectivity index (χ3n) is 4.14. The average molecular weight is 273 g/mol. The van der Waals surface area contributed by atoms with Gasteiger partial charge in [0.15, 0.2) is 5.78 Å². The molecule has 0 aliphatic carbocycles. The molecule has 0 bridgehead atoms. The van der Waals surface area contributed by atoms with Crippen LogP contribution >= 0.6 is 0 Å². The number of rotatable bonds is 4. The van der Waals surface area contributed by atoms with Crippen LogP contribution in [0, 0.1) is 5.92 Å². The number of fused-ring (bicyclic) bond motifs is 1. The van der Waals surface area contributed by atoms with E-state index in [1.807, 2.05) is 31.2 Å². The van der Waals surface area contributed by atoms with Crippen molar-refractivity contribution >= 4 is 16.8 Å². The summed E-state index contributed by atoms with van der Waals surface area (Å²) in [7, 11) is 0. The van der Waals surface area contributed by atoms with E-state index in [0.717, 1.165) is 30.5 Å². The Balaban J connectivity index is 1.71. The van der Waals surface area contributed by atoms with Crippen molar-refractivity contribution < 1.29 is 14.3 Å². The van der Waals surface area contributed by atoms with E-state index in [4.69, 9.17) is 4.42 Å². The average Bonchev–Trinajstić information content (AvgIpc) is 3.04. The quantitative estimate of drug-likeness (QED) is 0.869. The van der Waals surface area contributed by atoms with E-state index in [-0.39, 0.29) is 17.8 Å². The van der Waals surface area contributed by atoms with Crippen molar-refractivity contribution in [3.8, 4) is 0 Å². The van der Waals surface area contributed by atoms with Crippen LogP contribution < -0.4 is 0 Å². The zero-order valence-corrected chi connectivity index (χ0v) is 11.6. The van der Waals surface area contributed by atoms with Crippen LogP contribution in [0.3, 0.4) is 0 Å². The summed E-state index contributed by atoms with van der Waals surface area (Å²) in [6, 6.07) is 7.59. The second-order valence-electron chi connectivity index (χ2n) is 5.59. The first-order chi connectivity index (χ1) is 9.65. The predicted molar refractivity (Wildman–Crippen MR) is 76.8 cm³/mol. The van der Waals surface area contributed by atoms with Gasteiger partial charge in [-0.1, -0.05) is 18.2 Å². The van der Waals surface area contributed by atoms with Gasteiger partial charge in [0.05, 0.1) is 18.2 Å². The van der Waals surface area contributed by atoms with Crippen LogP contribution in [0.5, 0.6) is 0 Å². The molecule has 2 unspecified atom stereocenters. The lowest BCUT2D eigenvalue weighted by molar-refractivity contribution is 0.0926. The summed E-state index contributed by atoms with van der Waals surface area (Å²) in [6.45, 7) is 3.88. The summed E-state index contributed by atoms with van der Waals surface area (Å²) >= 11 is 0. The first kappa shape index (κ1) is 13.3. The van der Waals surface area contributed by atoms with E-state index >= 15 is 0 Å². The fraction of sp³-hybridized carbons (Fsp3) is 0.438. The molecule has 2 aromatic rings. The number of carbonyl (C=O) groups is 1. The van der Waals surface area contributed by atoms with Gasteiger partial charge in [-0.15, -0.1) is 0 Å². The molecule has 1 aliphatic heterocycles. The molecule has 0 saturated carbocycles. The highest BCUT2D eigenvalue weighted by Gasteiger charge is 2.27. The maximum atomic E-state index is 12.4. The van der Waals surface area contributed by atoms with Gasteiger partial charge in [-0.3, -0.25) is 9.69 Å². The maximum absolute atomic E-state index is 12.4. The summed E-state index contributed by atoms with van der Waals surface area (Å²) in [4.78, 5) is 14.5. The number of hydrogen-bond donors (Lipinski definition) is 1. The van der Waals surface area contributed by atoms with Crippen molar-refractivity contribution in [2.45, 2.75) is 19.4 Å². The van der Waals surface area contributed by atoms with Crippen LogP contribution in [-0.4, -0.2) is 41.5 Å². The Morgan fingerprint density at radius 3 is 3.05 bits per heavy atom. The Kier molecular flexibility index (Phi) is 3.59. The lowest BCUT2D eigenvalue weighted by atomic mass is 10.0. The third-order valence-corrected chi connectivity index (χ3v) is 4.14. The predicted octanol–water partition coefficient (Wildman–Crippen LogP) is 2.32. The molecule has 106 valence electrons. The molecule has 1 fully saturated rings. The molecule has 2 atom stereocenters. The van der Waals surface area contributed by atoms with Crippen LogP contribution in [0.1, 0.15) is 23.7 Å². The van der Waals surface area contributed by atoms with E-state index in [1.165, 1.54) is 0 Å². The summed E-state index contributed by atoms with van der Waals surface area (Å²) in [5.74, 6) is 0.366. The molecule has 0 radical (unpaired) electrons. The van der Waals surface area contributed by atoms with Crippen LogP contribution in [0.2, 0.25) is 0 Å². The van der Waals surface area contributed by atoms with E-state index in [0.29, 0.717) is 12.1 Å². The minimum Gasteiger partial charge on any atom is -0.464 e. The number of benzene rings is 1. The number of aliphatic hydroxyl groups is 1. The van der Waals surface area contributed by atoms with Gasteiger partial charge >= 0.3 is 0 Å². The largest absolute Gasteiger partial charge is 0.464 e. The summed E-state index contributed by atoms with van der Waals surface area (Å²) in [5.41, 5.74) is 1.40. The van der Waals surface area contributed by atoms with Gasteiger partial charge in [-0.05, 0) is 31.9 Å². The lowest BCUT2D eigenvalue weighted by Gasteiger charge is -2.16. The smallest absolute Gasteiger partial charge is 0.180 e. The number of nitrogens with zero attached hydrogens (tertiary/aromatic N) is 1. The van der Waals surface area contributed by atoms with Gasteiger partial charge in [-0.25, -0.2) is 0 Å². The summed E-state index contributed by atoms with van der Waals surface area (Å²) in [5, 5.41) is 10.5. The Morgan fingerprint density at radius 1 is 1.50 bits per heavy atom. The molecule has 4 heteroatoms. The number of carbonyl (C=O) groups excluding carboxylic acids is 1. The first-order valence-electron chi connectivity index (χ1n) is 7.05. The van der Waals surface area contributed by atoms with Gasteiger partial charge < -0.3 is 9.52 Å². The van der Waals surface area contributed by atoms with Gasteiger partial charge in [0.2, 0.25) is 0 Å². The Morgan fingerprint density at radius 2 is 2.30 bits per heavy atom. The van der Waals surface area contributed by atoms with Crippen molar-refractivity contribution in [2.75, 3.05) is 19.6 Å². The zero-order valence-electron chi connectivity index (χ0n) is 11.6. The van der Waals surface area contributed by atoms with Crippen LogP contribution in [0.25, 0.3) is 11.0 Å². The molecule has 1 aromatic carbocycles. The SMILES string of the molecule is CC(O)C1CCN(CC(=O)c2coc3ccccc23)C1. The number of Topliss-reactive ketones (excluding diaryl/α,β-unsaturated/α-hetero) is 1. The molecule has 0 amide bonds. The number of likely N-dealkylation sites (tertiary alicyclic amines) is 1. The van der Waals surface area contributed by atoms with E-state index in [9.17, 15) is 9.90 Å². The number of aliphatic hydroxyl groups excluding tert-OH is 1. The van der Waals surface area contributed by atoms with Crippen molar-refractivity contribution in [2.24, 2.45) is 5.92 Å². The molecular formula is C16H19NO3. The fourth-order valence-corrected chi connectivity index (χ4v) is 2.88. The van der Waals surface area contributed by atoms with Gasteiger partial charge in [0.25, 0.3) is 0 Å². The van der Waals surface area contributed by atoms with Gasteiger partial charge in [-0.2, -0.15) is 0 Å². The second-order valence-corrected chi connectivity index (χ2v) is 5.59. The Labute approximate surface area is 118 Å². The van der Waals surface area contributed by atoms with Crippen molar-refractivity contribution in [1.82, 2.24) is 4.90 Å². The highest BCUT2D eigenvalue weighted by Crippen LogP contribution is 2.23. The standard InChI is InChI=1S/C16H19NO3/c1-11(18)12-6-7-17(8-12)9-15(19)14-10-20-16-5-3-2-4-13(14)16/h2-5,10-12,18H,6-9H2,1H3. The van der Waals surface area contributed by atoms with E-state index < -0.39 is 0 Å². The summed E-state index contributed by atoms with van der Waals surface area (Å²) < 4.78 is 5.41. The third kappa shape index (κ3) is 2.49. The fourth-order valence-electron chi connectivity index (χ4n) is 2.88. The molecule has 20 heavy (non-hydrogen) atoms. The van der Waals surface area contributed by atoms with Crippen LogP contribution in [0.15, 0.2) is 34.9 Å². The number of furan rings is 1. The molecule has 0 spiro atoms. The molecule has 1 aromatic heterocycles. The topological polar surface area (TPSA) is 53.7 Å². The molecule has 2 heterocycles. The van der Waals surface area contributed by atoms with Gasteiger partial charge in [0, 0.05) is 11.9 Å². The molecule has 1 aliphatic rings. The zero-order chi connectivity index (χ0) is 14.1. The normalized spacial score (nSPS) is 21.4. The highest BCUT2D eigenvalue weighted by molar-refractivity contribution is 6.08. The Hall–Kier alpha value is -1.65. The number of para-hydroxylation sites is 1. The second kappa shape index (κ2) is 5.38. The van der Waals surface area contributed by atoms with E-state index in [1.54, 1.807) is 6.26 Å². The Bertz CT molecular complexity index is 617. The van der Waals surface area contributed by atoms with E-state index in [2.05, 4.69) is 4.90 Å². The highest BCUT2D eigenvalue weighted by atomic mass is 16.3. The molecule has 4 nitrogen and oxygen atoms in total. The molecule has 3 rings (SSSR count). The minimum atomic E-state index is -0.301. The number of hydrogen-bond acceptors (Lipinski definition) is 4. The molecule has 1 saturated heterocycles. The lowest BCUT2D eigenvalue weighted by Crippen LogP contribution is -2.29. The molecular weight excluding hydrogens is 254 g/mol. The maximum Gasteiger partial charge on any atom is 0.180 e. The summed E-state index contributed by atoms with van der Waals surface area (Å²) in [6.07, 6.45) is 2.21. The monoisotopic (exact) mass is 273 g/mol. The number of ketones is 1. The van der Waals surface area contributed by atoms with Crippen molar-refractivity contribution in [3.05, 3.63) is 36.1 Å². The van der Waals surface area contributed by atoms with Crippen molar-refractivity contribution in [1.29, 1.82) is 0 Å². The molecule has 1 N–H and O–H groups in total.